The number of hydrogen-bond acceptors (Lipinski definition) is 5. The van der Waals surface area contributed by atoms with E-state index < -0.39 is 11.7 Å². The van der Waals surface area contributed by atoms with Gasteiger partial charge in [-0.15, -0.1) is 0 Å². The minimum absolute atomic E-state index is 0.0340. The van der Waals surface area contributed by atoms with Crippen LogP contribution >= 0.6 is 0 Å². The SMILES string of the molecule is CC(C)NC(=O)c1ccc(F)cc1C1CCCN1c1ccn2ncc(C(N)=O)c2n1. The van der Waals surface area contributed by atoms with Gasteiger partial charge in [-0.3, -0.25) is 9.59 Å². The number of anilines is 1. The Labute approximate surface area is 172 Å². The lowest BCUT2D eigenvalue weighted by molar-refractivity contribution is 0.0940. The van der Waals surface area contributed by atoms with Crippen molar-refractivity contribution in [2.75, 3.05) is 11.4 Å². The molecule has 3 aromatic rings. The molecule has 0 spiro atoms. The van der Waals surface area contributed by atoms with Gasteiger partial charge in [-0.1, -0.05) is 0 Å². The normalized spacial score (nSPS) is 16.4. The number of carbonyl (C=O) groups excluding carboxylic acids is 2. The maximum Gasteiger partial charge on any atom is 0.254 e. The van der Waals surface area contributed by atoms with Crippen molar-refractivity contribution in [2.45, 2.75) is 38.8 Å². The highest BCUT2D eigenvalue weighted by molar-refractivity contribution is 5.98. The number of rotatable bonds is 5. The largest absolute Gasteiger partial charge is 0.365 e. The molecule has 1 fully saturated rings. The molecule has 3 heterocycles. The number of fused-ring (bicyclic) bond motifs is 1. The topological polar surface area (TPSA) is 106 Å². The second-order valence-electron chi connectivity index (χ2n) is 7.69. The summed E-state index contributed by atoms with van der Waals surface area (Å²) >= 11 is 0. The van der Waals surface area contributed by atoms with Gasteiger partial charge in [-0.05, 0) is 56.5 Å². The van der Waals surface area contributed by atoms with E-state index in [0.717, 1.165) is 12.8 Å². The van der Waals surface area contributed by atoms with Crippen LogP contribution in [0.4, 0.5) is 10.2 Å². The predicted octanol–water partition coefficient (Wildman–Crippen LogP) is 2.45. The molecule has 0 aliphatic carbocycles. The molecule has 1 aliphatic rings. The van der Waals surface area contributed by atoms with Crippen molar-refractivity contribution in [3.05, 3.63) is 59.2 Å². The standard InChI is InChI=1S/C21H23FN6O2/c1-12(2)25-21(30)14-6-5-13(22)10-15(14)17-4-3-8-27(17)18-7-9-28-20(26-18)16(11-24-28)19(23)29/h5-7,9-12,17H,3-4,8H2,1-2H3,(H2,23,29)(H,25,30). The van der Waals surface area contributed by atoms with Gasteiger partial charge in [-0.25, -0.2) is 13.9 Å². The maximum atomic E-state index is 14.1. The number of nitrogens with one attached hydrogen (secondary N) is 1. The number of amides is 2. The molecule has 1 aliphatic heterocycles. The van der Waals surface area contributed by atoms with Gasteiger partial charge in [0, 0.05) is 24.3 Å². The molecule has 1 saturated heterocycles. The molecule has 1 atom stereocenters. The number of nitrogens with two attached hydrogens (primary N) is 1. The first-order valence-corrected chi connectivity index (χ1v) is 9.86. The zero-order valence-electron chi connectivity index (χ0n) is 16.8. The van der Waals surface area contributed by atoms with E-state index in [4.69, 9.17) is 5.73 Å². The molecule has 1 unspecified atom stereocenters. The van der Waals surface area contributed by atoms with Crippen LogP contribution in [0.3, 0.4) is 0 Å². The molecule has 8 nitrogen and oxygen atoms in total. The van der Waals surface area contributed by atoms with E-state index in [2.05, 4.69) is 15.4 Å². The molecule has 2 amide bonds. The monoisotopic (exact) mass is 410 g/mol. The Morgan fingerprint density at radius 2 is 2.07 bits per heavy atom. The highest BCUT2D eigenvalue weighted by atomic mass is 19.1. The third kappa shape index (κ3) is 3.58. The van der Waals surface area contributed by atoms with Crippen molar-refractivity contribution < 1.29 is 14.0 Å². The van der Waals surface area contributed by atoms with E-state index in [9.17, 15) is 14.0 Å². The van der Waals surface area contributed by atoms with E-state index in [1.54, 1.807) is 12.3 Å². The number of carbonyl (C=O) groups is 2. The van der Waals surface area contributed by atoms with Crippen LogP contribution in [0.5, 0.6) is 0 Å². The summed E-state index contributed by atoms with van der Waals surface area (Å²) in [6.45, 7) is 4.45. The first kappa shape index (κ1) is 19.8. The molecule has 0 radical (unpaired) electrons. The second-order valence-corrected chi connectivity index (χ2v) is 7.69. The predicted molar refractivity (Wildman–Crippen MR) is 110 cm³/mol. The van der Waals surface area contributed by atoms with E-state index in [1.807, 2.05) is 18.7 Å². The fraction of sp³-hybridized carbons (Fsp3) is 0.333. The fourth-order valence-electron chi connectivity index (χ4n) is 3.91. The van der Waals surface area contributed by atoms with Crippen molar-refractivity contribution >= 4 is 23.3 Å². The summed E-state index contributed by atoms with van der Waals surface area (Å²) in [4.78, 5) is 31.0. The molecular formula is C21H23FN6O2. The first-order valence-electron chi connectivity index (χ1n) is 9.86. The molecule has 156 valence electrons. The van der Waals surface area contributed by atoms with Gasteiger partial charge in [0.25, 0.3) is 11.8 Å². The molecular weight excluding hydrogens is 387 g/mol. The average molecular weight is 410 g/mol. The van der Waals surface area contributed by atoms with Crippen molar-refractivity contribution in [3.8, 4) is 0 Å². The van der Waals surface area contributed by atoms with Crippen molar-refractivity contribution in [1.29, 1.82) is 0 Å². The summed E-state index contributed by atoms with van der Waals surface area (Å²) < 4.78 is 15.6. The molecule has 0 saturated carbocycles. The number of benzene rings is 1. The summed E-state index contributed by atoms with van der Waals surface area (Å²) in [5.74, 6) is -0.617. The van der Waals surface area contributed by atoms with Crippen LogP contribution in [0.2, 0.25) is 0 Å². The Morgan fingerprint density at radius 1 is 1.27 bits per heavy atom. The Morgan fingerprint density at radius 3 is 2.80 bits per heavy atom. The summed E-state index contributed by atoms with van der Waals surface area (Å²) in [6, 6.07) is 5.78. The fourth-order valence-corrected chi connectivity index (χ4v) is 3.91. The van der Waals surface area contributed by atoms with Crippen LogP contribution in [0.15, 0.2) is 36.7 Å². The van der Waals surface area contributed by atoms with Crippen LogP contribution in [-0.2, 0) is 0 Å². The minimum Gasteiger partial charge on any atom is -0.365 e. The molecule has 0 bridgehead atoms. The van der Waals surface area contributed by atoms with Crippen LogP contribution in [0, 0.1) is 5.82 Å². The Kier molecular flexibility index (Phi) is 5.11. The van der Waals surface area contributed by atoms with Crippen LogP contribution in [-0.4, -0.2) is 39.0 Å². The van der Waals surface area contributed by atoms with Crippen molar-refractivity contribution in [2.24, 2.45) is 5.73 Å². The van der Waals surface area contributed by atoms with Gasteiger partial charge >= 0.3 is 0 Å². The van der Waals surface area contributed by atoms with Crippen molar-refractivity contribution in [3.63, 3.8) is 0 Å². The summed E-state index contributed by atoms with van der Waals surface area (Å²) in [7, 11) is 0. The average Bonchev–Trinajstić information content (AvgIpc) is 3.33. The summed E-state index contributed by atoms with van der Waals surface area (Å²) in [6.07, 6.45) is 4.70. The van der Waals surface area contributed by atoms with E-state index in [1.165, 1.54) is 28.9 Å². The summed E-state index contributed by atoms with van der Waals surface area (Å²) in [5, 5.41) is 6.97. The Balaban J connectivity index is 1.75. The Hall–Kier alpha value is -3.49. The molecule has 1 aromatic carbocycles. The van der Waals surface area contributed by atoms with Gasteiger partial charge in [0.15, 0.2) is 5.65 Å². The third-order valence-electron chi connectivity index (χ3n) is 5.20. The van der Waals surface area contributed by atoms with Gasteiger partial charge in [-0.2, -0.15) is 5.10 Å². The van der Waals surface area contributed by atoms with Crippen LogP contribution < -0.4 is 16.0 Å². The second kappa shape index (κ2) is 7.74. The minimum atomic E-state index is -0.606. The highest BCUT2D eigenvalue weighted by Crippen LogP contribution is 2.37. The van der Waals surface area contributed by atoms with E-state index in [-0.39, 0.29) is 23.6 Å². The maximum absolute atomic E-state index is 14.1. The van der Waals surface area contributed by atoms with Gasteiger partial charge in [0.05, 0.1) is 12.2 Å². The van der Waals surface area contributed by atoms with Gasteiger partial charge in [0.2, 0.25) is 0 Å². The first-order chi connectivity index (χ1) is 14.3. The van der Waals surface area contributed by atoms with Crippen molar-refractivity contribution in [1.82, 2.24) is 19.9 Å². The lowest BCUT2D eigenvalue weighted by Crippen LogP contribution is -2.32. The van der Waals surface area contributed by atoms with Gasteiger partial charge < -0.3 is 16.0 Å². The Bertz CT molecular complexity index is 1130. The molecule has 3 N–H and O–H groups in total. The smallest absolute Gasteiger partial charge is 0.254 e. The van der Waals surface area contributed by atoms with Crippen LogP contribution in [0.25, 0.3) is 5.65 Å². The molecule has 30 heavy (non-hydrogen) atoms. The number of halogens is 1. The zero-order chi connectivity index (χ0) is 21.4. The number of nitrogens with zero attached hydrogens (tertiary/aromatic N) is 4. The van der Waals surface area contributed by atoms with Crippen LogP contribution in [0.1, 0.15) is 59.0 Å². The summed E-state index contributed by atoms with van der Waals surface area (Å²) in [5.41, 5.74) is 7.09. The third-order valence-corrected chi connectivity index (χ3v) is 5.20. The molecule has 4 rings (SSSR count). The quantitative estimate of drug-likeness (QED) is 0.672. The number of primary amides is 1. The van der Waals surface area contributed by atoms with E-state index in [0.29, 0.717) is 29.1 Å². The highest BCUT2D eigenvalue weighted by Gasteiger charge is 2.31. The lowest BCUT2D eigenvalue weighted by atomic mass is 9.97. The zero-order valence-corrected chi connectivity index (χ0v) is 16.8. The number of aromatic nitrogens is 3. The van der Waals surface area contributed by atoms with Gasteiger partial charge in [0.1, 0.15) is 17.2 Å². The van der Waals surface area contributed by atoms with E-state index >= 15 is 0 Å². The molecule has 2 aromatic heterocycles. The molecule has 9 heteroatoms. The number of hydrogen-bond donors (Lipinski definition) is 2. The lowest BCUT2D eigenvalue weighted by Gasteiger charge is -2.28.